The van der Waals surface area contributed by atoms with Crippen LogP contribution in [-0.4, -0.2) is 13.1 Å². The van der Waals surface area contributed by atoms with Crippen LogP contribution < -0.4 is 10.6 Å². The lowest BCUT2D eigenvalue weighted by Gasteiger charge is -2.07. The molecule has 0 radical (unpaired) electrons. The molecule has 0 atom stereocenters. The summed E-state index contributed by atoms with van der Waals surface area (Å²) >= 11 is 0. The summed E-state index contributed by atoms with van der Waals surface area (Å²) in [6, 6.07) is 17.7. The van der Waals surface area contributed by atoms with E-state index in [0.717, 1.165) is 26.2 Å². The van der Waals surface area contributed by atoms with E-state index in [1.807, 2.05) is 0 Å². The van der Waals surface area contributed by atoms with E-state index >= 15 is 0 Å². The van der Waals surface area contributed by atoms with Crippen molar-refractivity contribution in [1.29, 1.82) is 0 Å². The van der Waals surface area contributed by atoms with Gasteiger partial charge >= 0.3 is 0 Å². The van der Waals surface area contributed by atoms with Gasteiger partial charge in [0.15, 0.2) is 0 Å². The van der Waals surface area contributed by atoms with Gasteiger partial charge in [-0.15, -0.1) is 0 Å². The standard InChI is InChI=1S/C20H28N2/c1-3-13-21-15-17-5-9-19(10-6-17)20-11-7-18(8-12-20)16-22-14-4-2/h5-12,21-22H,3-4,13-16H2,1-2H3. The maximum atomic E-state index is 3.44. The molecule has 118 valence electrons. The third kappa shape index (κ3) is 5.28. The summed E-state index contributed by atoms with van der Waals surface area (Å²) < 4.78 is 0. The van der Waals surface area contributed by atoms with Crippen molar-refractivity contribution in [3.8, 4) is 11.1 Å². The topological polar surface area (TPSA) is 24.1 Å². The zero-order valence-corrected chi connectivity index (χ0v) is 13.9. The second-order valence-corrected chi connectivity index (χ2v) is 5.75. The van der Waals surface area contributed by atoms with Crippen LogP contribution in [0.2, 0.25) is 0 Å². The summed E-state index contributed by atoms with van der Waals surface area (Å²) in [6.07, 6.45) is 2.36. The molecule has 0 aliphatic heterocycles. The summed E-state index contributed by atoms with van der Waals surface area (Å²) in [4.78, 5) is 0. The van der Waals surface area contributed by atoms with Crippen LogP contribution in [0, 0.1) is 0 Å². The van der Waals surface area contributed by atoms with E-state index in [-0.39, 0.29) is 0 Å². The predicted molar refractivity (Wildman–Crippen MR) is 95.9 cm³/mol. The predicted octanol–water partition coefficient (Wildman–Crippen LogP) is 4.35. The molecule has 0 aromatic heterocycles. The molecule has 2 N–H and O–H groups in total. The van der Waals surface area contributed by atoms with Gasteiger partial charge in [-0.25, -0.2) is 0 Å². The van der Waals surface area contributed by atoms with Crippen LogP contribution in [0.4, 0.5) is 0 Å². The highest BCUT2D eigenvalue weighted by molar-refractivity contribution is 5.63. The van der Waals surface area contributed by atoms with Crippen LogP contribution in [0.5, 0.6) is 0 Å². The molecule has 0 heterocycles. The lowest BCUT2D eigenvalue weighted by atomic mass is 10.0. The summed E-state index contributed by atoms with van der Waals surface area (Å²) in [6.45, 7) is 8.45. The van der Waals surface area contributed by atoms with E-state index in [1.165, 1.54) is 35.1 Å². The van der Waals surface area contributed by atoms with Crippen molar-refractivity contribution in [3.05, 3.63) is 59.7 Å². The minimum absolute atomic E-state index is 0.955. The van der Waals surface area contributed by atoms with Crippen molar-refractivity contribution in [2.45, 2.75) is 39.8 Å². The van der Waals surface area contributed by atoms with Crippen LogP contribution in [0.1, 0.15) is 37.8 Å². The first-order valence-electron chi connectivity index (χ1n) is 8.43. The van der Waals surface area contributed by atoms with Gasteiger partial charge in [0.05, 0.1) is 0 Å². The van der Waals surface area contributed by atoms with Crippen LogP contribution in [0.15, 0.2) is 48.5 Å². The molecule has 2 nitrogen and oxygen atoms in total. The van der Waals surface area contributed by atoms with Gasteiger partial charge in [-0.1, -0.05) is 62.4 Å². The number of rotatable bonds is 9. The average molecular weight is 296 g/mol. The van der Waals surface area contributed by atoms with Crippen LogP contribution in [-0.2, 0) is 13.1 Å². The van der Waals surface area contributed by atoms with Crippen molar-refractivity contribution in [2.24, 2.45) is 0 Å². The first kappa shape index (κ1) is 16.7. The molecule has 0 aliphatic rings. The maximum absolute atomic E-state index is 3.44. The van der Waals surface area contributed by atoms with Gasteiger partial charge in [0, 0.05) is 13.1 Å². The Morgan fingerprint density at radius 1 is 0.591 bits per heavy atom. The lowest BCUT2D eigenvalue weighted by molar-refractivity contribution is 0.675. The number of nitrogens with one attached hydrogen (secondary N) is 2. The fourth-order valence-corrected chi connectivity index (χ4v) is 2.45. The normalized spacial score (nSPS) is 10.8. The van der Waals surface area contributed by atoms with E-state index in [0.29, 0.717) is 0 Å². The molecule has 22 heavy (non-hydrogen) atoms. The van der Waals surface area contributed by atoms with E-state index < -0.39 is 0 Å². The van der Waals surface area contributed by atoms with Crippen LogP contribution in [0.25, 0.3) is 11.1 Å². The number of benzene rings is 2. The summed E-state index contributed by atoms with van der Waals surface area (Å²) in [5.41, 5.74) is 5.26. The molecule has 0 fully saturated rings. The molecule has 0 saturated carbocycles. The second-order valence-electron chi connectivity index (χ2n) is 5.75. The fourth-order valence-electron chi connectivity index (χ4n) is 2.45. The van der Waals surface area contributed by atoms with Crippen molar-refractivity contribution in [2.75, 3.05) is 13.1 Å². The van der Waals surface area contributed by atoms with Crippen molar-refractivity contribution >= 4 is 0 Å². The summed E-state index contributed by atoms with van der Waals surface area (Å²) in [5.74, 6) is 0. The van der Waals surface area contributed by atoms with Gasteiger partial charge < -0.3 is 10.6 Å². The van der Waals surface area contributed by atoms with E-state index in [2.05, 4.69) is 73.0 Å². The Balaban J connectivity index is 1.93. The molecule has 2 aromatic carbocycles. The Morgan fingerprint density at radius 3 is 1.27 bits per heavy atom. The summed E-state index contributed by atoms with van der Waals surface area (Å²) in [5, 5.41) is 6.87. The second kappa shape index (κ2) is 9.39. The molecule has 2 aromatic rings. The molecular formula is C20H28N2. The van der Waals surface area contributed by atoms with Gasteiger partial charge in [-0.3, -0.25) is 0 Å². The molecule has 0 saturated heterocycles. The highest BCUT2D eigenvalue weighted by atomic mass is 14.8. The Hall–Kier alpha value is -1.64. The monoisotopic (exact) mass is 296 g/mol. The zero-order valence-electron chi connectivity index (χ0n) is 13.9. The Kier molecular flexibility index (Phi) is 7.14. The van der Waals surface area contributed by atoms with Gasteiger partial charge in [0.1, 0.15) is 0 Å². The molecule has 0 spiro atoms. The highest BCUT2D eigenvalue weighted by Crippen LogP contribution is 2.20. The first-order chi connectivity index (χ1) is 10.8. The van der Waals surface area contributed by atoms with Crippen molar-refractivity contribution < 1.29 is 0 Å². The maximum Gasteiger partial charge on any atom is 0.0205 e. The molecule has 2 rings (SSSR count). The molecule has 0 aliphatic carbocycles. The lowest BCUT2D eigenvalue weighted by Crippen LogP contribution is -2.13. The van der Waals surface area contributed by atoms with E-state index in [9.17, 15) is 0 Å². The molecular weight excluding hydrogens is 268 g/mol. The van der Waals surface area contributed by atoms with Gasteiger partial charge in [-0.2, -0.15) is 0 Å². The third-order valence-electron chi connectivity index (χ3n) is 3.75. The van der Waals surface area contributed by atoms with Crippen LogP contribution in [0.3, 0.4) is 0 Å². The van der Waals surface area contributed by atoms with Crippen molar-refractivity contribution in [3.63, 3.8) is 0 Å². The molecule has 0 bridgehead atoms. The number of hydrogen-bond donors (Lipinski definition) is 2. The molecule has 0 unspecified atom stereocenters. The molecule has 0 amide bonds. The van der Waals surface area contributed by atoms with Crippen LogP contribution >= 0.6 is 0 Å². The quantitative estimate of drug-likeness (QED) is 0.672. The Bertz CT molecular complexity index is 477. The van der Waals surface area contributed by atoms with Gasteiger partial charge in [0.25, 0.3) is 0 Å². The van der Waals surface area contributed by atoms with Gasteiger partial charge in [-0.05, 0) is 48.2 Å². The zero-order chi connectivity index (χ0) is 15.6. The smallest absolute Gasteiger partial charge is 0.0205 e. The van der Waals surface area contributed by atoms with Crippen molar-refractivity contribution in [1.82, 2.24) is 10.6 Å². The minimum Gasteiger partial charge on any atom is -0.313 e. The first-order valence-corrected chi connectivity index (χ1v) is 8.43. The van der Waals surface area contributed by atoms with E-state index in [1.54, 1.807) is 0 Å². The average Bonchev–Trinajstić information content (AvgIpc) is 2.57. The van der Waals surface area contributed by atoms with E-state index in [4.69, 9.17) is 0 Å². The largest absolute Gasteiger partial charge is 0.313 e. The fraction of sp³-hybridized carbons (Fsp3) is 0.400. The molecule has 2 heteroatoms. The SMILES string of the molecule is CCCNCc1ccc(-c2ccc(CNCCC)cc2)cc1. The third-order valence-corrected chi connectivity index (χ3v) is 3.75. The minimum atomic E-state index is 0.955. The highest BCUT2D eigenvalue weighted by Gasteiger charge is 1.99. The Morgan fingerprint density at radius 2 is 0.955 bits per heavy atom. The van der Waals surface area contributed by atoms with Gasteiger partial charge in [0.2, 0.25) is 0 Å². The summed E-state index contributed by atoms with van der Waals surface area (Å²) in [7, 11) is 0. The number of hydrogen-bond acceptors (Lipinski definition) is 2. The Labute approximate surface area is 135 Å².